The van der Waals surface area contributed by atoms with Crippen molar-refractivity contribution in [2.24, 2.45) is 5.73 Å². The van der Waals surface area contributed by atoms with Crippen molar-refractivity contribution < 1.29 is 14.4 Å². The number of hydrogen-bond donors (Lipinski definition) is 3. The molecule has 4 nitrogen and oxygen atoms in total. The maximum Gasteiger partial charge on any atom is 0.340 e. The lowest BCUT2D eigenvalue weighted by Gasteiger charge is -2.06. The molecule has 0 aromatic rings. The summed E-state index contributed by atoms with van der Waals surface area (Å²) in [6.07, 6.45) is 0. The third-order valence-corrected chi connectivity index (χ3v) is 3.47. The fraction of sp³-hybridized carbons (Fsp3) is 1.00. The van der Waals surface area contributed by atoms with Gasteiger partial charge in [-0.05, 0) is 0 Å². The lowest BCUT2D eigenvalue weighted by atomic mass is 10.8. The van der Waals surface area contributed by atoms with Gasteiger partial charge in [0.25, 0.3) is 0 Å². The molecule has 0 aliphatic carbocycles. The van der Waals surface area contributed by atoms with E-state index >= 15 is 0 Å². The summed E-state index contributed by atoms with van der Waals surface area (Å²) in [7, 11) is -3.97. The van der Waals surface area contributed by atoms with Gasteiger partial charge in [-0.3, -0.25) is 4.57 Å². The molecular weight excluding hydrogens is 197 g/mol. The molecule has 0 fully saturated rings. The molecule has 0 aliphatic heterocycles. The van der Waals surface area contributed by atoms with Gasteiger partial charge in [-0.25, -0.2) is 0 Å². The standard InChI is InChI=1S/C2H7BrNO3P/c3-2(1-4)8(5,6)7/h2H,1,4H2,(H2,5,6,7). The smallest absolute Gasteiger partial charge is 0.329 e. The average molecular weight is 204 g/mol. The van der Waals surface area contributed by atoms with Crippen molar-refractivity contribution in [2.75, 3.05) is 6.54 Å². The third-order valence-electron chi connectivity index (χ3n) is 0.559. The van der Waals surface area contributed by atoms with E-state index in [2.05, 4.69) is 15.9 Å². The van der Waals surface area contributed by atoms with Gasteiger partial charge in [-0.15, -0.1) is 0 Å². The zero-order chi connectivity index (χ0) is 6.78. The van der Waals surface area contributed by atoms with E-state index in [4.69, 9.17) is 15.5 Å². The molecule has 8 heavy (non-hydrogen) atoms. The van der Waals surface area contributed by atoms with Crippen LogP contribution in [0.4, 0.5) is 0 Å². The van der Waals surface area contributed by atoms with Crippen molar-refractivity contribution in [3.63, 3.8) is 0 Å². The van der Waals surface area contributed by atoms with Gasteiger partial charge in [0.1, 0.15) is 4.57 Å². The van der Waals surface area contributed by atoms with E-state index in [0.717, 1.165) is 0 Å². The van der Waals surface area contributed by atoms with Gasteiger partial charge in [0, 0.05) is 6.54 Å². The zero-order valence-corrected chi connectivity index (χ0v) is 6.47. The van der Waals surface area contributed by atoms with Gasteiger partial charge in [-0.2, -0.15) is 0 Å². The van der Waals surface area contributed by atoms with Crippen molar-refractivity contribution in [3.05, 3.63) is 0 Å². The van der Waals surface area contributed by atoms with Crippen molar-refractivity contribution >= 4 is 23.5 Å². The molecule has 0 heterocycles. The highest BCUT2D eigenvalue weighted by Gasteiger charge is 2.23. The third kappa shape index (κ3) is 2.79. The Balaban J connectivity index is 3.82. The second kappa shape index (κ2) is 2.94. The first-order chi connectivity index (χ1) is 3.48. The highest BCUT2D eigenvalue weighted by Crippen LogP contribution is 2.43. The van der Waals surface area contributed by atoms with Crippen LogP contribution in [-0.4, -0.2) is 20.9 Å². The molecule has 0 spiro atoms. The lowest BCUT2D eigenvalue weighted by molar-refractivity contribution is 0.371. The minimum atomic E-state index is -3.97. The Hall–Kier alpha value is 0.590. The van der Waals surface area contributed by atoms with E-state index < -0.39 is 12.2 Å². The highest BCUT2D eigenvalue weighted by molar-refractivity contribution is 9.10. The summed E-state index contributed by atoms with van der Waals surface area (Å²) in [4.78, 5) is 16.5. The first kappa shape index (κ1) is 8.59. The first-order valence-electron chi connectivity index (χ1n) is 1.88. The van der Waals surface area contributed by atoms with Crippen LogP contribution >= 0.6 is 23.5 Å². The predicted molar refractivity (Wildman–Crippen MR) is 33.8 cm³/mol. The van der Waals surface area contributed by atoms with Crippen LogP contribution in [0.25, 0.3) is 0 Å². The summed E-state index contributed by atoms with van der Waals surface area (Å²) < 4.78 is 9.24. The van der Waals surface area contributed by atoms with Crippen molar-refractivity contribution in [2.45, 2.75) is 4.57 Å². The molecule has 50 valence electrons. The molecule has 0 saturated heterocycles. The average Bonchev–Trinajstić information content (AvgIpc) is 1.62. The van der Waals surface area contributed by atoms with Crippen LogP contribution in [0.1, 0.15) is 0 Å². The molecule has 0 saturated carbocycles. The Morgan fingerprint density at radius 3 is 2.12 bits per heavy atom. The highest BCUT2D eigenvalue weighted by atomic mass is 79.9. The molecule has 6 heteroatoms. The number of halogens is 1. The second-order valence-corrected chi connectivity index (χ2v) is 4.87. The van der Waals surface area contributed by atoms with E-state index in [-0.39, 0.29) is 6.54 Å². The van der Waals surface area contributed by atoms with Gasteiger partial charge in [-0.1, -0.05) is 15.9 Å². The Kier molecular flexibility index (Phi) is 3.16. The maximum absolute atomic E-state index is 10.1. The maximum atomic E-state index is 10.1. The fourth-order valence-electron chi connectivity index (χ4n) is 0.137. The summed E-state index contributed by atoms with van der Waals surface area (Å²) in [6.45, 7) is -0.0513. The summed E-state index contributed by atoms with van der Waals surface area (Å²) in [5.41, 5.74) is 4.92. The molecule has 1 unspecified atom stereocenters. The molecule has 0 rings (SSSR count). The SMILES string of the molecule is NCC(Br)P(=O)(O)O. The fourth-order valence-corrected chi connectivity index (χ4v) is 0.412. The molecule has 0 aliphatic rings. The topological polar surface area (TPSA) is 83.6 Å². The largest absolute Gasteiger partial charge is 0.340 e. The predicted octanol–water partition coefficient (Wildman–Crippen LogP) is -0.156. The Morgan fingerprint density at radius 1 is 1.75 bits per heavy atom. The van der Waals surface area contributed by atoms with Crippen LogP contribution < -0.4 is 5.73 Å². The molecular formula is C2H7BrNO3P. The Bertz CT molecular complexity index is 112. The monoisotopic (exact) mass is 203 g/mol. The van der Waals surface area contributed by atoms with Crippen molar-refractivity contribution in [3.8, 4) is 0 Å². The van der Waals surface area contributed by atoms with Crippen molar-refractivity contribution in [1.82, 2.24) is 0 Å². The molecule has 0 aromatic heterocycles. The number of nitrogens with two attached hydrogens (primary N) is 1. The van der Waals surface area contributed by atoms with Gasteiger partial charge >= 0.3 is 7.60 Å². The van der Waals surface area contributed by atoms with Crippen LogP contribution in [-0.2, 0) is 4.57 Å². The van der Waals surface area contributed by atoms with Crippen LogP contribution in [0.5, 0.6) is 0 Å². The van der Waals surface area contributed by atoms with Crippen molar-refractivity contribution in [1.29, 1.82) is 0 Å². The number of rotatable bonds is 2. The van der Waals surface area contributed by atoms with Gasteiger partial charge in [0.15, 0.2) is 0 Å². The minimum Gasteiger partial charge on any atom is -0.329 e. The quantitative estimate of drug-likeness (QED) is 0.431. The molecule has 0 bridgehead atoms. The zero-order valence-electron chi connectivity index (χ0n) is 3.99. The summed E-state index contributed by atoms with van der Waals surface area (Å²) >= 11 is 2.71. The summed E-state index contributed by atoms with van der Waals surface area (Å²) in [6, 6.07) is 0. The first-order valence-corrected chi connectivity index (χ1v) is 4.47. The Morgan fingerprint density at radius 2 is 2.12 bits per heavy atom. The normalized spacial score (nSPS) is 16.0. The van der Waals surface area contributed by atoms with E-state index in [1.807, 2.05) is 0 Å². The molecule has 0 amide bonds. The van der Waals surface area contributed by atoms with E-state index in [1.165, 1.54) is 0 Å². The second-order valence-electron chi connectivity index (χ2n) is 1.26. The number of alkyl halides is 1. The van der Waals surface area contributed by atoms with E-state index in [9.17, 15) is 4.57 Å². The molecule has 4 N–H and O–H groups in total. The molecule has 1 atom stereocenters. The van der Waals surface area contributed by atoms with Crippen LogP contribution in [0.2, 0.25) is 0 Å². The van der Waals surface area contributed by atoms with Gasteiger partial charge in [0.05, 0.1) is 0 Å². The van der Waals surface area contributed by atoms with Crippen LogP contribution in [0.3, 0.4) is 0 Å². The Labute approximate surface area is 55.4 Å². The lowest BCUT2D eigenvalue weighted by Crippen LogP contribution is -2.13. The van der Waals surface area contributed by atoms with Crippen LogP contribution in [0.15, 0.2) is 0 Å². The van der Waals surface area contributed by atoms with Gasteiger partial charge in [0.2, 0.25) is 0 Å². The van der Waals surface area contributed by atoms with E-state index in [0.29, 0.717) is 0 Å². The van der Waals surface area contributed by atoms with E-state index in [1.54, 1.807) is 0 Å². The minimum absolute atomic E-state index is 0.0513. The molecule has 0 aromatic carbocycles. The van der Waals surface area contributed by atoms with Gasteiger partial charge < -0.3 is 15.5 Å². The summed E-state index contributed by atoms with van der Waals surface area (Å²) in [5, 5.41) is 0. The number of hydrogen-bond acceptors (Lipinski definition) is 2. The molecule has 0 radical (unpaired) electrons. The summed E-state index contributed by atoms with van der Waals surface area (Å²) in [5.74, 6) is 0. The van der Waals surface area contributed by atoms with Crippen LogP contribution in [0, 0.1) is 0 Å².